The van der Waals surface area contributed by atoms with Crippen LogP contribution in [-0.4, -0.2) is 6.21 Å². The Kier molecular flexibility index (Phi) is 7.23. The Morgan fingerprint density at radius 3 is 2.69 bits per heavy atom. The molecule has 3 aliphatic rings. The molecule has 3 atom stereocenters. The summed E-state index contributed by atoms with van der Waals surface area (Å²) in [6.07, 6.45) is 25.1. The molecule has 0 bridgehead atoms. The van der Waals surface area contributed by atoms with Crippen molar-refractivity contribution in [1.29, 1.82) is 5.41 Å². The Balaban J connectivity index is 1.62. The first-order chi connectivity index (χ1) is 17.3. The lowest BCUT2D eigenvalue weighted by Gasteiger charge is -2.40. The molecule has 0 aromatic heterocycles. The summed E-state index contributed by atoms with van der Waals surface area (Å²) in [4.78, 5) is 0. The van der Waals surface area contributed by atoms with Gasteiger partial charge in [0.25, 0.3) is 0 Å². The van der Waals surface area contributed by atoms with Gasteiger partial charge in [0.1, 0.15) is 0 Å². The third kappa shape index (κ3) is 4.73. The summed E-state index contributed by atoms with van der Waals surface area (Å²) in [5.41, 5.74) is 9.81. The number of benzene rings is 2. The molecule has 0 spiro atoms. The quantitative estimate of drug-likeness (QED) is 0.244. The SMILES string of the molecule is CCC/C=C\C(=C/C=N)C1=CC(C2=C3CCC=CC3C(c3ccccc3)c3ccccc32)CC=C1. The Hall–Kier alpha value is -3.45. The summed E-state index contributed by atoms with van der Waals surface area (Å²) >= 11 is 0. The second-order valence-corrected chi connectivity index (χ2v) is 9.75. The van der Waals surface area contributed by atoms with Crippen molar-refractivity contribution < 1.29 is 0 Å². The fraction of sp³-hybridized carbons (Fsp3) is 0.265. The van der Waals surface area contributed by atoms with Crippen LogP contribution >= 0.6 is 0 Å². The maximum Gasteiger partial charge on any atom is 0.0196 e. The van der Waals surface area contributed by atoms with Crippen LogP contribution in [0.2, 0.25) is 0 Å². The summed E-state index contributed by atoms with van der Waals surface area (Å²) < 4.78 is 0. The van der Waals surface area contributed by atoms with Crippen LogP contribution in [-0.2, 0) is 0 Å². The maximum absolute atomic E-state index is 7.70. The molecule has 1 nitrogen and oxygen atoms in total. The van der Waals surface area contributed by atoms with E-state index in [-0.39, 0.29) is 0 Å². The fourth-order valence-electron chi connectivity index (χ4n) is 6.05. The molecule has 0 fully saturated rings. The van der Waals surface area contributed by atoms with Crippen molar-refractivity contribution >= 4 is 11.8 Å². The van der Waals surface area contributed by atoms with E-state index in [2.05, 4.69) is 104 Å². The molecule has 1 heteroatoms. The van der Waals surface area contributed by atoms with E-state index in [4.69, 9.17) is 5.41 Å². The van der Waals surface area contributed by atoms with Crippen molar-refractivity contribution in [3.05, 3.63) is 137 Å². The van der Waals surface area contributed by atoms with Crippen molar-refractivity contribution in [2.75, 3.05) is 0 Å². The number of hydrogen-bond donors (Lipinski definition) is 1. The minimum atomic E-state index is 0.352. The van der Waals surface area contributed by atoms with E-state index in [0.717, 1.165) is 37.7 Å². The molecule has 0 heterocycles. The van der Waals surface area contributed by atoms with Crippen LogP contribution in [0.4, 0.5) is 0 Å². The van der Waals surface area contributed by atoms with E-state index in [1.165, 1.54) is 34.1 Å². The largest absolute Gasteiger partial charge is 0.309 e. The van der Waals surface area contributed by atoms with Gasteiger partial charge in [-0.3, -0.25) is 0 Å². The van der Waals surface area contributed by atoms with Gasteiger partial charge in [0.15, 0.2) is 0 Å². The highest BCUT2D eigenvalue weighted by Crippen LogP contribution is 2.52. The van der Waals surface area contributed by atoms with E-state index >= 15 is 0 Å². The summed E-state index contributed by atoms with van der Waals surface area (Å²) in [6.45, 7) is 2.20. The minimum Gasteiger partial charge on any atom is -0.309 e. The normalized spacial score (nSPS) is 23.7. The standard InChI is InChI=1S/C34H35N/c1-2-3-5-13-25(22-23-35)27-16-12-17-28(24-27)34-31-20-10-8-18-29(31)33(26-14-6-4-7-15-26)30-19-9-11-21-32(30)34/h4-10,12-16,18-20,22-24,28,30,33,35H,2-3,11,17,21H2,1H3/b13-5-,25-22+,35-23?. The third-order valence-electron chi connectivity index (χ3n) is 7.56. The number of unbranched alkanes of at least 4 members (excludes halogenated alkanes) is 1. The Labute approximate surface area is 210 Å². The van der Waals surface area contributed by atoms with Gasteiger partial charge in [-0.15, -0.1) is 0 Å². The average molecular weight is 458 g/mol. The smallest absolute Gasteiger partial charge is 0.0196 e. The number of allylic oxidation sites excluding steroid dienone is 12. The van der Waals surface area contributed by atoms with E-state index in [9.17, 15) is 0 Å². The lowest BCUT2D eigenvalue weighted by Crippen LogP contribution is -2.26. The van der Waals surface area contributed by atoms with Crippen LogP contribution in [0.3, 0.4) is 0 Å². The summed E-state index contributed by atoms with van der Waals surface area (Å²) in [5, 5.41) is 7.70. The molecule has 176 valence electrons. The van der Waals surface area contributed by atoms with Gasteiger partial charge in [-0.1, -0.05) is 116 Å². The van der Waals surface area contributed by atoms with E-state index in [0.29, 0.717) is 17.8 Å². The van der Waals surface area contributed by atoms with Gasteiger partial charge in [0.05, 0.1) is 0 Å². The number of rotatable bonds is 7. The number of nitrogens with one attached hydrogen (secondary N) is 1. The van der Waals surface area contributed by atoms with Crippen LogP contribution in [0.15, 0.2) is 120 Å². The molecule has 3 unspecified atom stereocenters. The van der Waals surface area contributed by atoms with Gasteiger partial charge in [0.2, 0.25) is 0 Å². The molecule has 2 aromatic rings. The zero-order chi connectivity index (χ0) is 24.0. The van der Waals surface area contributed by atoms with E-state index < -0.39 is 0 Å². The summed E-state index contributed by atoms with van der Waals surface area (Å²) in [5.74, 6) is 1.14. The van der Waals surface area contributed by atoms with Crippen LogP contribution < -0.4 is 0 Å². The van der Waals surface area contributed by atoms with Crippen molar-refractivity contribution in [2.45, 2.75) is 44.9 Å². The van der Waals surface area contributed by atoms with Gasteiger partial charge < -0.3 is 5.41 Å². The van der Waals surface area contributed by atoms with Crippen molar-refractivity contribution in [2.24, 2.45) is 11.8 Å². The van der Waals surface area contributed by atoms with Crippen LogP contribution in [0, 0.1) is 17.2 Å². The first-order valence-corrected chi connectivity index (χ1v) is 13.1. The first kappa shape index (κ1) is 23.3. The monoisotopic (exact) mass is 457 g/mol. The number of fused-ring (bicyclic) bond motifs is 2. The molecule has 3 aliphatic carbocycles. The Morgan fingerprint density at radius 1 is 1.03 bits per heavy atom. The van der Waals surface area contributed by atoms with Gasteiger partial charge >= 0.3 is 0 Å². The topological polar surface area (TPSA) is 23.9 Å². The van der Waals surface area contributed by atoms with Gasteiger partial charge in [0, 0.05) is 24.0 Å². The molecule has 0 saturated carbocycles. The molecule has 0 aliphatic heterocycles. The predicted molar refractivity (Wildman–Crippen MR) is 150 cm³/mol. The highest BCUT2D eigenvalue weighted by atomic mass is 14.4. The van der Waals surface area contributed by atoms with Crippen LogP contribution in [0.25, 0.3) is 5.57 Å². The highest BCUT2D eigenvalue weighted by Gasteiger charge is 2.37. The maximum atomic E-state index is 7.70. The van der Waals surface area contributed by atoms with E-state index in [1.807, 2.05) is 6.08 Å². The zero-order valence-corrected chi connectivity index (χ0v) is 20.7. The molecule has 1 N–H and O–H groups in total. The molecule has 0 saturated heterocycles. The van der Waals surface area contributed by atoms with E-state index in [1.54, 1.807) is 5.57 Å². The first-order valence-electron chi connectivity index (χ1n) is 13.1. The van der Waals surface area contributed by atoms with Crippen LogP contribution in [0.5, 0.6) is 0 Å². The summed E-state index contributed by atoms with van der Waals surface area (Å²) in [6, 6.07) is 20.2. The van der Waals surface area contributed by atoms with Crippen molar-refractivity contribution in [3.63, 3.8) is 0 Å². The number of hydrogen-bond acceptors (Lipinski definition) is 1. The van der Waals surface area contributed by atoms with Crippen LogP contribution in [0.1, 0.15) is 61.6 Å². The predicted octanol–water partition coefficient (Wildman–Crippen LogP) is 8.99. The molecular formula is C34H35N. The molecule has 5 rings (SSSR count). The average Bonchev–Trinajstić information content (AvgIpc) is 2.92. The molecule has 35 heavy (non-hydrogen) atoms. The lowest BCUT2D eigenvalue weighted by molar-refractivity contribution is 0.585. The molecule has 0 amide bonds. The minimum absolute atomic E-state index is 0.352. The lowest BCUT2D eigenvalue weighted by atomic mass is 9.63. The van der Waals surface area contributed by atoms with Gasteiger partial charge in [-0.05, 0) is 65.2 Å². The third-order valence-corrected chi connectivity index (χ3v) is 7.56. The zero-order valence-electron chi connectivity index (χ0n) is 20.7. The van der Waals surface area contributed by atoms with Gasteiger partial charge in [-0.2, -0.15) is 0 Å². The Morgan fingerprint density at radius 2 is 1.86 bits per heavy atom. The van der Waals surface area contributed by atoms with Crippen molar-refractivity contribution in [1.82, 2.24) is 0 Å². The second kappa shape index (κ2) is 10.9. The Bertz CT molecular complexity index is 1250. The molecule has 0 radical (unpaired) electrons. The highest BCUT2D eigenvalue weighted by molar-refractivity contribution is 5.80. The molecular weight excluding hydrogens is 422 g/mol. The molecule has 2 aromatic carbocycles. The second-order valence-electron chi connectivity index (χ2n) is 9.75. The van der Waals surface area contributed by atoms with Gasteiger partial charge in [-0.25, -0.2) is 0 Å². The van der Waals surface area contributed by atoms with Crippen molar-refractivity contribution in [3.8, 4) is 0 Å². The fourth-order valence-corrected chi connectivity index (χ4v) is 6.05. The summed E-state index contributed by atoms with van der Waals surface area (Å²) in [7, 11) is 0.